The topological polar surface area (TPSA) is 75.6 Å². The van der Waals surface area contributed by atoms with Crippen LogP contribution in [0.2, 0.25) is 10.0 Å². The van der Waals surface area contributed by atoms with Gasteiger partial charge in [-0.25, -0.2) is 0 Å². The highest BCUT2D eigenvalue weighted by Crippen LogP contribution is 2.24. The van der Waals surface area contributed by atoms with E-state index in [1.807, 2.05) is 0 Å². The van der Waals surface area contributed by atoms with E-state index in [1.165, 1.54) is 0 Å². The fourth-order valence-electron chi connectivity index (χ4n) is 1.66. The van der Waals surface area contributed by atoms with Crippen LogP contribution < -0.4 is 10.1 Å². The lowest BCUT2D eigenvalue weighted by atomic mass is 9.98. The maximum absolute atomic E-state index is 11.8. The molecule has 116 valence electrons. The number of amides is 1. The minimum atomic E-state index is -0.901. The lowest BCUT2D eigenvalue weighted by molar-refractivity contribution is -0.138. The van der Waals surface area contributed by atoms with Crippen LogP contribution in [0.15, 0.2) is 18.2 Å². The molecule has 1 aromatic rings. The third kappa shape index (κ3) is 7.20. The number of hydrogen-bond donors (Lipinski definition) is 2. The van der Waals surface area contributed by atoms with E-state index in [4.69, 9.17) is 33.0 Å². The van der Waals surface area contributed by atoms with Gasteiger partial charge >= 0.3 is 5.97 Å². The minimum Gasteiger partial charge on any atom is -0.484 e. The van der Waals surface area contributed by atoms with Crippen molar-refractivity contribution in [3.05, 3.63) is 28.2 Å². The molecule has 0 atom stereocenters. The van der Waals surface area contributed by atoms with E-state index in [1.54, 1.807) is 32.0 Å². The maximum atomic E-state index is 11.8. The van der Waals surface area contributed by atoms with Gasteiger partial charge in [-0.15, -0.1) is 0 Å². The second-order valence-electron chi connectivity index (χ2n) is 5.22. The number of carboxylic acids is 1. The van der Waals surface area contributed by atoms with Crippen LogP contribution >= 0.6 is 23.2 Å². The average molecular weight is 334 g/mol. The Morgan fingerprint density at radius 1 is 1.24 bits per heavy atom. The summed E-state index contributed by atoms with van der Waals surface area (Å²) in [6.45, 7) is 3.31. The molecule has 1 amide bonds. The van der Waals surface area contributed by atoms with Crippen molar-refractivity contribution in [3.8, 4) is 5.75 Å². The number of ether oxygens (including phenoxy) is 1. The zero-order chi connectivity index (χ0) is 16.0. The second-order valence-corrected chi connectivity index (χ2v) is 6.09. The first kappa shape index (κ1) is 17.6. The van der Waals surface area contributed by atoms with Crippen molar-refractivity contribution in [3.63, 3.8) is 0 Å². The summed E-state index contributed by atoms with van der Waals surface area (Å²) in [5, 5.41) is 12.2. The molecule has 0 aliphatic heterocycles. The Balaban J connectivity index is 2.48. The highest BCUT2D eigenvalue weighted by molar-refractivity contribution is 6.34. The summed E-state index contributed by atoms with van der Waals surface area (Å²) in [5.41, 5.74) is -0.620. The van der Waals surface area contributed by atoms with Gasteiger partial charge in [0.25, 0.3) is 5.91 Å². The van der Waals surface area contributed by atoms with Crippen molar-refractivity contribution in [1.82, 2.24) is 5.32 Å². The Labute approximate surface area is 133 Å². The van der Waals surface area contributed by atoms with E-state index in [-0.39, 0.29) is 18.9 Å². The lowest BCUT2D eigenvalue weighted by Crippen LogP contribution is -2.45. The molecule has 0 aromatic heterocycles. The maximum Gasteiger partial charge on any atom is 0.303 e. The summed E-state index contributed by atoms with van der Waals surface area (Å²) in [4.78, 5) is 22.3. The van der Waals surface area contributed by atoms with Crippen LogP contribution in [0.3, 0.4) is 0 Å². The molecule has 0 fully saturated rings. The molecule has 0 heterocycles. The largest absolute Gasteiger partial charge is 0.484 e. The van der Waals surface area contributed by atoms with Gasteiger partial charge in [0.15, 0.2) is 6.61 Å². The molecule has 0 aliphatic rings. The molecule has 0 saturated carbocycles. The molecule has 21 heavy (non-hydrogen) atoms. The fourth-order valence-corrected chi connectivity index (χ4v) is 2.16. The zero-order valence-corrected chi connectivity index (χ0v) is 13.3. The van der Waals surface area contributed by atoms with Crippen LogP contribution in [-0.2, 0) is 9.59 Å². The van der Waals surface area contributed by atoms with E-state index in [0.29, 0.717) is 22.2 Å². The van der Waals surface area contributed by atoms with Crippen molar-refractivity contribution in [2.45, 2.75) is 32.2 Å². The number of halogens is 2. The summed E-state index contributed by atoms with van der Waals surface area (Å²) in [6.07, 6.45) is 0.315. The van der Waals surface area contributed by atoms with Crippen LogP contribution in [0, 0.1) is 0 Å². The number of rotatable bonds is 7. The lowest BCUT2D eigenvalue weighted by Gasteiger charge is -2.25. The molecule has 5 nitrogen and oxygen atoms in total. The van der Waals surface area contributed by atoms with Gasteiger partial charge in [-0.05, 0) is 38.5 Å². The Bertz CT molecular complexity index is 511. The molecular weight excluding hydrogens is 317 g/mol. The van der Waals surface area contributed by atoms with Crippen LogP contribution in [-0.4, -0.2) is 29.1 Å². The first-order chi connectivity index (χ1) is 9.68. The summed E-state index contributed by atoms with van der Waals surface area (Å²) in [7, 11) is 0. The van der Waals surface area contributed by atoms with Crippen molar-refractivity contribution in [2.75, 3.05) is 6.61 Å². The van der Waals surface area contributed by atoms with E-state index in [2.05, 4.69) is 5.32 Å². The first-order valence-corrected chi connectivity index (χ1v) is 7.05. The minimum absolute atomic E-state index is 0.0158. The highest BCUT2D eigenvalue weighted by atomic mass is 35.5. The monoisotopic (exact) mass is 333 g/mol. The van der Waals surface area contributed by atoms with Gasteiger partial charge in [-0.1, -0.05) is 23.2 Å². The molecule has 0 spiro atoms. The first-order valence-electron chi connectivity index (χ1n) is 6.30. The third-order valence-corrected chi connectivity index (χ3v) is 3.08. The van der Waals surface area contributed by atoms with Crippen LogP contribution in [0.5, 0.6) is 5.75 Å². The number of carbonyl (C=O) groups is 2. The van der Waals surface area contributed by atoms with Gasteiger partial charge in [0.2, 0.25) is 0 Å². The van der Waals surface area contributed by atoms with E-state index < -0.39 is 11.5 Å². The Kier molecular flexibility index (Phi) is 6.30. The second kappa shape index (κ2) is 7.52. The number of carbonyl (C=O) groups excluding carboxylic acids is 1. The quantitative estimate of drug-likeness (QED) is 0.803. The third-order valence-electron chi connectivity index (χ3n) is 2.65. The van der Waals surface area contributed by atoms with Crippen molar-refractivity contribution < 1.29 is 19.4 Å². The molecule has 1 rings (SSSR count). The normalized spacial score (nSPS) is 11.0. The summed E-state index contributed by atoms with van der Waals surface area (Å²) < 4.78 is 5.30. The fraction of sp³-hybridized carbons (Fsp3) is 0.429. The molecule has 0 radical (unpaired) electrons. The summed E-state index contributed by atoms with van der Waals surface area (Å²) >= 11 is 11.6. The molecule has 2 N–H and O–H groups in total. The summed E-state index contributed by atoms with van der Waals surface area (Å²) in [5.74, 6) is -0.852. The highest BCUT2D eigenvalue weighted by Gasteiger charge is 2.21. The number of nitrogens with one attached hydrogen (secondary N) is 1. The van der Waals surface area contributed by atoms with Gasteiger partial charge in [0, 0.05) is 22.0 Å². The molecule has 0 saturated heterocycles. The van der Waals surface area contributed by atoms with Crippen LogP contribution in [0.4, 0.5) is 0 Å². The number of benzene rings is 1. The van der Waals surface area contributed by atoms with Gasteiger partial charge in [-0.2, -0.15) is 0 Å². The predicted octanol–water partition coefficient (Wildman–Crippen LogP) is 3.13. The van der Waals surface area contributed by atoms with Gasteiger partial charge < -0.3 is 15.2 Å². The Morgan fingerprint density at radius 2 is 1.81 bits per heavy atom. The summed E-state index contributed by atoms with van der Waals surface area (Å²) in [6, 6.07) is 4.66. The Morgan fingerprint density at radius 3 is 2.33 bits per heavy atom. The van der Waals surface area contributed by atoms with Gasteiger partial charge in [0.05, 0.1) is 0 Å². The van der Waals surface area contributed by atoms with E-state index in [9.17, 15) is 9.59 Å². The van der Waals surface area contributed by atoms with E-state index in [0.717, 1.165) is 0 Å². The molecule has 0 unspecified atom stereocenters. The van der Waals surface area contributed by atoms with Crippen molar-refractivity contribution in [2.24, 2.45) is 0 Å². The van der Waals surface area contributed by atoms with Crippen LogP contribution in [0.25, 0.3) is 0 Å². The molecule has 1 aromatic carbocycles. The van der Waals surface area contributed by atoms with Gasteiger partial charge in [0.1, 0.15) is 5.75 Å². The molecule has 0 bridgehead atoms. The predicted molar refractivity (Wildman–Crippen MR) is 81.0 cm³/mol. The number of aliphatic carboxylic acids is 1. The smallest absolute Gasteiger partial charge is 0.303 e. The van der Waals surface area contributed by atoms with Crippen LogP contribution in [0.1, 0.15) is 26.7 Å². The van der Waals surface area contributed by atoms with Gasteiger partial charge in [-0.3, -0.25) is 9.59 Å². The molecule has 0 aliphatic carbocycles. The Hall–Kier alpha value is -1.46. The zero-order valence-electron chi connectivity index (χ0n) is 11.8. The number of hydrogen-bond acceptors (Lipinski definition) is 3. The SMILES string of the molecule is CC(C)(CCC(=O)O)NC(=O)COc1cc(Cl)cc(Cl)c1. The van der Waals surface area contributed by atoms with Crippen molar-refractivity contribution in [1.29, 1.82) is 0 Å². The van der Waals surface area contributed by atoms with Crippen molar-refractivity contribution >= 4 is 35.1 Å². The molecule has 7 heteroatoms. The average Bonchev–Trinajstić information content (AvgIpc) is 2.32. The van der Waals surface area contributed by atoms with E-state index >= 15 is 0 Å². The number of carboxylic acid groups (broad SMARTS) is 1. The molecular formula is C14H17Cl2NO4. The standard InChI is InChI=1S/C14H17Cl2NO4/c1-14(2,4-3-13(19)20)17-12(18)8-21-11-6-9(15)5-10(16)7-11/h5-7H,3-4,8H2,1-2H3,(H,17,18)(H,19,20).